The predicted octanol–water partition coefficient (Wildman–Crippen LogP) is 4.41. The highest BCUT2D eigenvalue weighted by Crippen LogP contribution is 2.61. The molecule has 1 aromatic carbocycles. The average Bonchev–Trinajstić information content (AvgIpc) is 2.95. The Bertz CT molecular complexity index is 918. The van der Waals surface area contributed by atoms with Gasteiger partial charge in [0.2, 0.25) is 0 Å². The standard InChI is InChI=1S/C22H29NO3S/c1-4-14-12-19-15(13-21(14)26-27(23,24)25)6-8-18-17(19)10-11-22(3)16(5-2)7-9-20(18)22/h5,7,12-13,17-18,20H,2,4,6,8-11H2,1,3H3,(H2,23,24,25)/t17-,18+,20-,22+/m0/s1. The van der Waals surface area contributed by atoms with Crippen molar-refractivity contribution in [2.24, 2.45) is 22.4 Å². The molecule has 1 saturated carbocycles. The zero-order chi connectivity index (χ0) is 19.4. The Kier molecular flexibility index (Phi) is 4.51. The zero-order valence-electron chi connectivity index (χ0n) is 16.2. The van der Waals surface area contributed by atoms with E-state index in [9.17, 15) is 8.42 Å². The first-order chi connectivity index (χ1) is 12.8. The Morgan fingerprint density at radius 2 is 2.15 bits per heavy atom. The molecule has 27 heavy (non-hydrogen) atoms. The molecule has 5 heteroatoms. The van der Waals surface area contributed by atoms with Crippen LogP contribution in [0, 0.1) is 17.3 Å². The van der Waals surface area contributed by atoms with Crippen molar-refractivity contribution in [2.75, 3.05) is 0 Å². The van der Waals surface area contributed by atoms with Crippen LogP contribution in [0.15, 0.2) is 36.4 Å². The third-order valence-electron chi connectivity index (χ3n) is 7.35. The predicted molar refractivity (Wildman–Crippen MR) is 108 cm³/mol. The van der Waals surface area contributed by atoms with Gasteiger partial charge in [0.1, 0.15) is 5.75 Å². The summed E-state index contributed by atoms with van der Waals surface area (Å²) in [5.41, 5.74) is 5.26. The van der Waals surface area contributed by atoms with Gasteiger partial charge in [-0.3, -0.25) is 0 Å². The van der Waals surface area contributed by atoms with Gasteiger partial charge in [0.15, 0.2) is 0 Å². The smallest absolute Gasteiger partial charge is 0.371 e. The van der Waals surface area contributed by atoms with Crippen LogP contribution in [0.3, 0.4) is 0 Å². The second kappa shape index (κ2) is 6.49. The second-order valence-electron chi connectivity index (χ2n) is 8.56. The van der Waals surface area contributed by atoms with Crippen molar-refractivity contribution in [1.29, 1.82) is 0 Å². The van der Waals surface area contributed by atoms with Crippen LogP contribution in [0.4, 0.5) is 0 Å². The Morgan fingerprint density at radius 3 is 2.81 bits per heavy atom. The fraction of sp³-hybridized carbons (Fsp3) is 0.545. The van der Waals surface area contributed by atoms with Gasteiger partial charge in [-0.15, -0.1) is 0 Å². The van der Waals surface area contributed by atoms with Crippen molar-refractivity contribution in [2.45, 2.75) is 58.3 Å². The van der Waals surface area contributed by atoms with E-state index in [1.807, 2.05) is 13.0 Å². The molecule has 1 fully saturated rings. The molecule has 0 radical (unpaired) electrons. The summed E-state index contributed by atoms with van der Waals surface area (Å²) in [6.45, 7) is 8.48. The highest BCUT2D eigenvalue weighted by atomic mass is 32.2. The van der Waals surface area contributed by atoms with E-state index in [0.29, 0.717) is 23.5 Å². The van der Waals surface area contributed by atoms with Crippen molar-refractivity contribution >= 4 is 10.3 Å². The van der Waals surface area contributed by atoms with E-state index in [0.717, 1.165) is 31.2 Å². The molecule has 0 amide bonds. The van der Waals surface area contributed by atoms with E-state index < -0.39 is 10.3 Å². The summed E-state index contributed by atoms with van der Waals surface area (Å²) in [5, 5.41) is 5.11. The van der Waals surface area contributed by atoms with E-state index >= 15 is 0 Å². The number of hydrogen-bond donors (Lipinski definition) is 1. The first-order valence-electron chi connectivity index (χ1n) is 9.97. The molecule has 146 valence electrons. The first kappa shape index (κ1) is 18.8. The number of allylic oxidation sites excluding steroid dienone is 3. The van der Waals surface area contributed by atoms with Gasteiger partial charge in [-0.25, -0.2) is 0 Å². The third kappa shape index (κ3) is 3.05. The molecule has 0 bridgehead atoms. The number of benzene rings is 1. The molecule has 0 spiro atoms. The molecule has 0 saturated heterocycles. The van der Waals surface area contributed by atoms with Crippen LogP contribution < -0.4 is 9.32 Å². The van der Waals surface area contributed by atoms with Crippen LogP contribution >= 0.6 is 0 Å². The minimum Gasteiger partial charge on any atom is -0.371 e. The SMILES string of the molecule is C=CC1=CC[C@H]2[C@@H]3CCc4cc(OS(N)(=O)=O)c(CC)cc4[C@H]3CC[C@]12C. The van der Waals surface area contributed by atoms with Crippen molar-refractivity contribution < 1.29 is 12.6 Å². The molecule has 4 rings (SSSR count). The molecule has 2 N–H and O–H groups in total. The van der Waals surface area contributed by atoms with Gasteiger partial charge in [-0.1, -0.05) is 38.6 Å². The summed E-state index contributed by atoms with van der Waals surface area (Å²) >= 11 is 0. The number of nitrogens with two attached hydrogens (primary N) is 1. The molecule has 3 aliphatic carbocycles. The lowest BCUT2D eigenvalue weighted by atomic mass is 9.54. The molecule has 4 nitrogen and oxygen atoms in total. The largest absolute Gasteiger partial charge is 0.380 e. The molecular weight excluding hydrogens is 358 g/mol. The molecule has 0 aliphatic heterocycles. The van der Waals surface area contributed by atoms with Crippen LogP contribution in [0.2, 0.25) is 0 Å². The maximum absolute atomic E-state index is 11.4. The normalized spacial score (nSPS) is 32.1. The summed E-state index contributed by atoms with van der Waals surface area (Å²) in [6, 6.07) is 4.11. The topological polar surface area (TPSA) is 69.4 Å². The number of aryl methyl sites for hydroxylation is 2. The fourth-order valence-corrected chi connectivity index (χ4v) is 6.45. The minimum atomic E-state index is -4.00. The van der Waals surface area contributed by atoms with E-state index in [2.05, 4.69) is 31.7 Å². The van der Waals surface area contributed by atoms with Crippen LogP contribution in [0.5, 0.6) is 5.75 Å². The Hall–Kier alpha value is -1.59. The number of fused-ring (bicyclic) bond motifs is 5. The van der Waals surface area contributed by atoms with Crippen LogP contribution in [0.1, 0.15) is 62.1 Å². The van der Waals surface area contributed by atoms with Crippen LogP contribution in [-0.2, 0) is 23.1 Å². The quantitative estimate of drug-likeness (QED) is 0.832. The van der Waals surface area contributed by atoms with Crippen molar-refractivity contribution in [3.63, 3.8) is 0 Å². The molecule has 4 atom stereocenters. The average molecular weight is 388 g/mol. The lowest BCUT2D eigenvalue weighted by molar-refractivity contribution is 0.0774. The van der Waals surface area contributed by atoms with Gasteiger partial charge in [-0.2, -0.15) is 13.6 Å². The van der Waals surface area contributed by atoms with Gasteiger partial charge < -0.3 is 4.18 Å². The number of hydrogen-bond acceptors (Lipinski definition) is 3. The summed E-state index contributed by atoms with van der Waals surface area (Å²) in [5.74, 6) is 2.31. The van der Waals surface area contributed by atoms with Gasteiger partial charge in [0.05, 0.1) is 0 Å². The lowest BCUT2D eigenvalue weighted by Gasteiger charge is -2.50. The highest BCUT2D eigenvalue weighted by molar-refractivity contribution is 7.84. The zero-order valence-corrected chi connectivity index (χ0v) is 17.0. The lowest BCUT2D eigenvalue weighted by Crippen LogP contribution is -2.41. The summed E-state index contributed by atoms with van der Waals surface area (Å²) in [7, 11) is -4.00. The summed E-state index contributed by atoms with van der Waals surface area (Å²) in [4.78, 5) is 0. The van der Waals surface area contributed by atoms with Gasteiger partial charge >= 0.3 is 10.3 Å². The molecule has 3 aliphatic rings. The fourth-order valence-electron chi connectivity index (χ4n) is 6.04. The van der Waals surface area contributed by atoms with Gasteiger partial charge in [0.25, 0.3) is 0 Å². The number of rotatable bonds is 4. The van der Waals surface area contributed by atoms with E-state index in [1.165, 1.54) is 29.5 Å². The van der Waals surface area contributed by atoms with Crippen molar-refractivity contribution in [3.8, 4) is 5.75 Å². The van der Waals surface area contributed by atoms with E-state index in [4.69, 9.17) is 9.32 Å². The van der Waals surface area contributed by atoms with Gasteiger partial charge in [0, 0.05) is 0 Å². The van der Waals surface area contributed by atoms with Crippen molar-refractivity contribution in [1.82, 2.24) is 0 Å². The second-order valence-corrected chi connectivity index (χ2v) is 9.71. The highest BCUT2D eigenvalue weighted by Gasteiger charge is 2.51. The Morgan fingerprint density at radius 1 is 1.37 bits per heavy atom. The molecular formula is C22H29NO3S. The van der Waals surface area contributed by atoms with Crippen molar-refractivity contribution in [3.05, 3.63) is 53.1 Å². The van der Waals surface area contributed by atoms with Crippen LogP contribution in [0.25, 0.3) is 0 Å². The molecule has 0 unspecified atom stereocenters. The minimum absolute atomic E-state index is 0.269. The van der Waals surface area contributed by atoms with Crippen LogP contribution in [-0.4, -0.2) is 8.42 Å². The maximum Gasteiger partial charge on any atom is 0.380 e. The monoisotopic (exact) mass is 387 g/mol. The summed E-state index contributed by atoms with van der Waals surface area (Å²) in [6.07, 6.45) is 10.8. The molecule has 0 aromatic heterocycles. The van der Waals surface area contributed by atoms with Gasteiger partial charge in [-0.05, 0) is 90.0 Å². The van der Waals surface area contributed by atoms with E-state index in [-0.39, 0.29) is 5.41 Å². The molecule has 0 heterocycles. The summed E-state index contributed by atoms with van der Waals surface area (Å²) < 4.78 is 27.9. The Labute approximate surface area is 162 Å². The third-order valence-corrected chi connectivity index (χ3v) is 7.77. The van der Waals surface area contributed by atoms with E-state index in [1.54, 1.807) is 0 Å². The Balaban J connectivity index is 1.70. The maximum atomic E-state index is 11.4. The first-order valence-corrected chi connectivity index (χ1v) is 11.4. The molecule has 1 aromatic rings.